The number of rotatable bonds is 7. The van der Waals surface area contributed by atoms with Gasteiger partial charge in [0.2, 0.25) is 0 Å². The van der Waals surface area contributed by atoms with Crippen LogP contribution in [0.4, 0.5) is 0 Å². The van der Waals surface area contributed by atoms with Crippen molar-refractivity contribution in [3.8, 4) is 0 Å². The summed E-state index contributed by atoms with van der Waals surface area (Å²) < 4.78 is 0. The topological polar surface area (TPSA) is 65.5 Å². The number of amides is 1. The van der Waals surface area contributed by atoms with E-state index in [9.17, 15) is 4.79 Å². The minimum absolute atomic E-state index is 0. The van der Waals surface area contributed by atoms with Crippen molar-refractivity contribution in [2.24, 2.45) is 4.99 Å². The summed E-state index contributed by atoms with van der Waals surface area (Å²) in [4.78, 5) is 16.1. The molecule has 0 heterocycles. The molecule has 1 atom stereocenters. The van der Waals surface area contributed by atoms with Gasteiger partial charge in [-0.1, -0.05) is 48.9 Å². The number of carbonyl (C=O) groups is 1. The average Bonchev–Trinajstić information content (AvgIpc) is 2.68. The number of guanidine groups is 1. The number of aliphatic imine (C=N–C) groups is 1. The van der Waals surface area contributed by atoms with E-state index < -0.39 is 0 Å². The van der Waals surface area contributed by atoms with Crippen LogP contribution in [0.2, 0.25) is 0 Å². The van der Waals surface area contributed by atoms with Crippen LogP contribution >= 0.6 is 24.0 Å². The lowest BCUT2D eigenvalue weighted by molar-refractivity contribution is 0.0956. The first-order chi connectivity index (χ1) is 13.0. The normalized spacial score (nSPS) is 11.9. The molecule has 0 fully saturated rings. The largest absolute Gasteiger partial charge is 0.356 e. The van der Waals surface area contributed by atoms with Crippen LogP contribution < -0.4 is 16.0 Å². The van der Waals surface area contributed by atoms with Crippen molar-refractivity contribution < 1.29 is 4.79 Å². The van der Waals surface area contributed by atoms with E-state index in [2.05, 4.69) is 59.1 Å². The van der Waals surface area contributed by atoms with Gasteiger partial charge in [0.25, 0.3) is 5.91 Å². The van der Waals surface area contributed by atoms with Gasteiger partial charge in [0.15, 0.2) is 5.96 Å². The molecule has 0 aliphatic rings. The van der Waals surface area contributed by atoms with Crippen LogP contribution in [-0.4, -0.2) is 32.0 Å². The van der Waals surface area contributed by atoms with Crippen LogP contribution in [0.15, 0.2) is 53.5 Å². The van der Waals surface area contributed by atoms with Gasteiger partial charge in [-0.3, -0.25) is 9.79 Å². The summed E-state index contributed by atoms with van der Waals surface area (Å²) in [6.45, 7) is 8.31. The van der Waals surface area contributed by atoms with Crippen molar-refractivity contribution in [1.82, 2.24) is 16.0 Å². The number of nitrogens with one attached hydrogen (secondary N) is 3. The van der Waals surface area contributed by atoms with Crippen molar-refractivity contribution in [3.05, 3.63) is 70.8 Å². The summed E-state index contributed by atoms with van der Waals surface area (Å²) in [5.41, 5.74) is 4.37. The molecule has 3 N–H and O–H groups in total. The monoisotopic (exact) mass is 494 g/mol. The highest BCUT2D eigenvalue weighted by molar-refractivity contribution is 14.0. The number of halogens is 1. The van der Waals surface area contributed by atoms with E-state index in [0.717, 1.165) is 18.1 Å². The van der Waals surface area contributed by atoms with Crippen LogP contribution in [0, 0.1) is 6.92 Å². The number of hydrogen-bond donors (Lipinski definition) is 3. The third-order valence-electron chi connectivity index (χ3n) is 4.42. The Morgan fingerprint density at radius 3 is 2.39 bits per heavy atom. The zero-order valence-corrected chi connectivity index (χ0v) is 19.4. The fourth-order valence-electron chi connectivity index (χ4n) is 2.79. The molecule has 1 unspecified atom stereocenters. The van der Waals surface area contributed by atoms with Gasteiger partial charge < -0.3 is 16.0 Å². The van der Waals surface area contributed by atoms with Gasteiger partial charge in [0.05, 0.1) is 0 Å². The summed E-state index contributed by atoms with van der Waals surface area (Å²) in [5, 5.41) is 9.50. The molecular formula is C22H31IN4O. The minimum Gasteiger partial charge on any atom is -0.356 e. The summed E-state index contributed by atoms with van der Waals surface area (Å²) in [6, 6.07) is 16.2. The fraction of sp³-hybridized carbons (Fsp3) is 0.364. The molecule has 2 rings (SSSR count). The smallest absolute Gasteiger partial charge is 0.251 e. The molecule has 0 radical (unpaired) electrons. The molecule has 1 amide bonds. The Morgan fingerprint density at radius 2 is 1.79 bits per heavy atom. The van der Waals surface area contributed by atoms with Crippen LogP contribution in [0.5, 0.6) is 0 Å². The number of hydrogen-bond acceptors (Lipinski definition) is 2. The van der Waals surface area contributed by atoms with Gasteiger partial charge in [-0.25, -0.2) is 0 Å². The Bertz CT molecular complexity index is 774. The maximum Gasteiger partial charge on any atom is 0.251 e. The van der Waals surface area contributed by atoms with E-state index in [1.165, 1.54) is 11.1 Å². The van der Waals surface area contributed by atoms with Gasteiger partial charge in [0, 0.05) is 32.2 Å². The number of aryl methyl sites for hydroxylation is 1. The zero-order valence-electron chi connectivity index (χ0n) is 17.1. The van der Waals surface area contributed by atoms with E-state index in [1.807, 2.05) is 31.2 Å². The van der Waals surface area contributed by atoms with Gasteiger partial charge in [-0.2, -0.15) is 0 Å². The Morgan fingerprint density at radius 1 is 1.07 bits per heavy atom. The van der Waals surface area contributed by atoms with Crippen LogP contribution in [-0.2, 0) is 6.54 Å². The van der Waals surface area contributed by atoms with E-state index >= 15 is 0 Å². The molecule has 0 aromatic heterocycles. The van der Waals surface area contributed by atoms with E-state index in [-0.39, 0.29) is 29.9 Å². The zero-order chi connectivity index (χ0) is 19.6. The Balaban J connectivity index is 0.00000392. The lowest BCUT2D eigenvalue weighted by Gasteiger charge is -2.17. The summed E-state index contributed by atoms with van der Waals surface area (Å²) in [5.74, 6) is 1.11. The quantitative estimate of drug-likeness (QED) is 0.312. The van der Waals surface area contributed by atoms with Gasteiger partial charge in [-0.05, 0) is 43.0 Å². The summed E-state index contributed by atoms with van der Waals surface area (Å²) in [6.07, 6.45) is 0. The van der Waals surface area contributed by atoms with Crippen molar-refractivity contribution in [1.29, 1.82) is 0 Å². The van der Waals surface area contributed by atoms with Gasteiger partial charge >= 0.3 is 0 Å². The standard InChI is InChI=1S/C22H30N4O.HI/c1-5-24-21(27)19-11-9-18(10-12-19)15-26-22(23-4)25-14-17(3)20-8-6-7-16(2)13-20;/h6-13,17H,5,14-15H2,1-4H3,(H,24,27)(H2,23,25,26);1H. The van der Waals surface area contributed by atoms with Crippen LogP contribution in [0.3, 0.4) is 0 Å². The maximum atomic E-state index is 11.8. The highest BCUT2D eigenvalue weighted by Gasteiger charge is 2.07. The number of carbonyl (C=O) groups excluding carboxylic acids is 1. The molecule has 0 aliphatic carbocycles. The molecule has 0 saturated heterocycles. The van der Waals surface area contributed by atoms with Gasteiger partial charge in [-0.15, -0.1) is 24.0 Å². The Labute approximate surface area is 185 Å². The molecular weight excluding hydrogens is 463 g/mol. The lowest BCUT2D eigenvalue weighted by Crippen LogP contribution is -2.38. The third-order valence-corrected chi connectivity index (χ3v) is 4.42. The maximum absolute atomic E-state index is 11.8. The predicted octanol–water partition coefficient (Wildman–Crippen LogP) is 3.83. The number of nitrogens with zero attached hydrogens (tertiary/aromatic N) is 1. The number of benzene rings is 2. The Hall–Kier alpha value is -2.09. The minimum atomic E-state index is -0.0420. The molecule has 5 nitrogen and oxygen atoms in total. The predicted molar refractivity (Wildman–Crippen MR) is 128 cm³/mol. The van der Waals surface area contributed by atoms with Crippen molar-refractivity contribution in [2.45, 2.75) is 33.2 Å². The SMILES string of the molecule is CCNC(=O)c1ccc(CNC(=NC)NCC(C)c2cccc(C)c2)cc1.I. The molecule has 6 heteroatoms. The molecule has 0 spiro atoms. The fourth-order valence-corrected chi connectivity index (χ4v) is 2.79. The second kappa shape index (κ2) is 12.4. The second-order valence-electron chi connectivity index (χ2n) is 6.68. The average molecular weight is 494 g/mol. The first-order valence-electron chi connectivity index (χ1n) is 9.41. The van der Waals surface area contributed by atoms with Crippen LogP contribution in [0.1, 0.15) is 46.8 Å². The summed E-state index contributed by atoms with van der Waals surface area (Å²) in [7, 11) is 1.77. The lowest BCUT2D eigenvalue weighted by atomic mass is 9.99. The molecule has 2 aromatic rings. The van der Waals surface area contributed by atoms with Gasteiger partial charge in [0.1, 0.15) is 0 Å². The highest BCUT2D eigenvalue weighted by Crippen LogP contribution is 2.15. The summed E-state index contributed by atoms with van der Waals surface area (Å²) >= 11 is 0. The van der Waals surface area contributed by atoms with Crippen molar-refractivity contribution >= 4 is 35.8 Å². The molecule has 0 bridgehead atoms. The first-order valence-corrected chi connectivity index (χ1v) is 9.41. The third kappa shape index (κ3) is 7.50. The molecule has 2 aromatic carbocycles. The Kier molecular flexibility index (Phi) is 10.6. The molecule has 0 aliphatic heterocycles. The van der Waals surface area contributed by atoms with E-state index in [0.29, 0.717) is 24.6 Å². The van der Waals surface area contributed by atoms with E-state index in [4.69, 9.17) is 0 Å². The molecule has 152 valence electrons. The highest BCUT2D eigenvalue weighted by atomic mass is 127. The first kappa shape index (κ1) is 23.9. The van der Waals surface area contributed by atoms with Crippen LogP contribution in [0.25, 0.3) is 0 Å². The molecule has 28 heavy (non-hydrogen) atoms. The van der Waals surface area contributed by atoms with Crippen molar-refractivity contribution in [3.63, 3.8) is 0 Å². The van der Waals surface area contributed by atoms with Crippen molar-refractivity contribution in [2.75, 3.05) is 20.1 Å². The second-order valence-corrected chi connectivity index (χ2v) is 6.68. The molecule has 0 saturated carbocycles. The van der Waals surface area contributed by atoms with E-state index in [1.54, 1.807) is 7.05 Å².